The second-order valence-corrected chi connectivity index (χ2v) is 10.7. The Hall–Kier alpha value is -4.45. The number of benzene rings is 4. The quantitative estimate of drug-likeness (QED) is 0.0675. The van der Waals surface area contributed by atoms with Gasteiger partial charge in [-0.2, -0.15) is 0 Å². The molecule has 2 N–H and O–H groups in total. The number of nitrogens with one attached hydrogen (secondary N) is 1. The summed E-state index contributed by atoms with van der Waals surface area (Å²) in [6.45, 7) is 1.05. The maximum Gasteiger partial charge on any atom is 0.262 e. The van der Waals surface area contributed by atoms with Crippen molar-refractivity contribution in [2.75, 3.05) is 54.2 Å². The Morgan fingerprint density at radius 1 is 0.739 bits per heavy atom. The monoisotopic (exact) mass is 647 g/mol. The zero-order chi connectivity index (χ0) is 32.5. The Labute approximate surface area is 271 Å². The van der Waals surface area contributed by atoms with Gasteiger partial charge in [0.1, 0.15) is 5.75 Å². The van der Waals surface area contributed by atoms with Crippen LogP contribution in [0.25, 0.3) is 11.1 Å². The number of ether oxygens (including phenoxy) is 6. The van der Waals surface area contributed by atoms with E-state index in [1.165, 1.54) is 0 Å². The molecule has 0 bridgehead atoms. The molecule has 2 amide bonds. The topological polar surface area (TPSA) is 122 Å². The molecule has 0 fully saturated rings. The molecule has 11 heteroatoms. The first-order chi connectivity index (χ1) is 22.4. The molecule has 0 aromatic heterocycles. The number of carbonyl (C=O) groups is 2. The number of rotatable bonds is 16. The average Bonchev–Trinajstić information content (AvgIpc) is 3.35. The Kier molecular flexibility index (Phi) is 11.2. The van der Waals surface area contributed by atoms with Crippen molar-refractivity contribution in [3.8, 4) is 28.4 Å². The zero-order valence-electron chi connectivity index (χ0n) is 25.4. The van der Waals surface area contributed by atoms with Gasteiger partial charge in [-0.3, -0.25) is 14.9 Å². The highest BCUT2D eigenvalue weighted by Crippen LogP contribution is 2.49. The number of aromatic hydroxyl groups is 1. The Morgan fingerprint density at radius 3 is 1.91 bits per heavy atom. The van der Waals surface area contributed by atoms with Gasteiger partial charge in [-0.15, -0.1) is 0 Å². The Bertz CT molecular complexity index is 1620. The number of amides is 2. The number of phenols is 1. The Balaban J connectivity index is 1.68. The first-order valence-electron chi connectivity index (χ1n) is 14.5. The lowest BCUT2D eigenvalue weighted by atomic mass is 9.79. The summed E-state index contributed by atoms with van der Waals surface area (Å²) < 4.78 is 32.9. The average molecular weight is 648 g/mol. The summed E-state index contributed by atoms with van der Waals surface area (Å²) in [5, 5.41) is 14.3. The van der Waals surface area contributed by atoms with Crippen LogP contribution in [0.3, 0.4) is 0 Å². The van der Waals surface area contributed by atoms with E-state index in [4.69, 9.17) is 40.0 Å². The minimum absolute atomic E-state index is 0.0837. The number of hydrogen-bond donors (Lipinski definition) is 2. The minimum Gasteiger partial charge on any atom is -0.506 e. The lowest BCUT2D eigenvalue weighted by molar-refractivity contribution is -0.0206. The molecule has 0 saturated carbocycles. The summed E-state index contributed by atoms with van der Waals surface area (Å²) in [4.78, 5) is 25.8. The molecular weight excluding hydrogens is 614 g/mol. The van der Waals surface area contributed by atoms with Gasteiger partial charge in [0.2, 0.25) is 0 Å². The number of carbonyl (C=O) groups excluding carboxylic acids is 2. The second-order valence-electron chi connectivity index (χ2n) is 10.3. The largest absolute Gasteiger partial charge is 0.506 e. The fourth-order valence-electron chi connectivity index (χ4n) is 5.27. The minimum atomic E-state index is -0.691. The SMILES string of the molecule is COCCOCOc1cc(-c2c(C(c3ccccc3)c3ccccc3)cc3c(c2O)C(=O)NC3=O)cc(Cl)c1OCOCCOC. The summed E-state index contributed by atoms with van der Waals surface area (Å²) in [5.41, 5.74) is 3.08. The summed E-state index contributed by atoms with van der Waals surface area (Å²) in [7, 11) is 3.13. The molecule has 1 aliphatic heterocycles. The van der Waals surface area contributed by atoms with Crippen LogP contribution in [0.1, 0.15) is 43.3 Å². The van der Waals surface area contributed by atoms with E-state index in [0.717, 1.165) is 11.1 Å². The number of imide groups is 1. The van der Waals surface area contributed by atoms with Crippen molar-refractivity contribution in [2.24, 2.45) is 0 Å². The standard InChI is InChI=1S/C35H34ClNO9/c1-41-13-15-43-20-45-28-18-24(17-27(36)33(28)46-21-44-16-14-42-2)30-25(19-26-31(32(30)38)35(40)37-34(26)39)29(22-9-5-3-6-10-22)23-11-7-4-8-12-23/h3-12,17-19,29,38H,13-16,20-21H2,1-2H3,(H,37,39,40). The molecule has 0 atom stereocenters. The molecule has 0 spiro atoms. The van der Waals surface area contributed by atoms with E-state index in [1.807, 2.05) is 60.7 Å². The smallest absolute Gasteiger partial charge is 0.262 e. The number of hydrogen-bond acceptors (Lipinski definition) is 9. The van der Waals surface area contributed by atoms with Crippen LogP contribution in [0.2, 0.25) is 5.02 Å². The van der Waals surface area contributed by atoms with Crippen molar-refractivity contribution >= 4 is 23.4 Å². The molecule has 1 aliphatic rings. The number of halogens is 1. The predicted molar refractivity (Wildman–Crippen MR) is 171 cm³/mol. The van der Waals surface area contributed by atoms with E-state index < -0.39 is 17.7 Å². The van der Waals surface area contributed by atoms with E-state index >= 15 is 0 Å². The lowest BCUT2D eigenvalue weighted by Gasteiger charge is -2.25. The number of methoxy groups -OCH3 is 2. The molecule has 4 aromatic rings. The molecule has 46 heavy (non-hydrogen) atoms. The molecule has 0 saturated heterocycles. The fourth-order valence-corrected chi connectivity index (χ4v) is 5.54. The summed E-state index contributed by atoms with van der Waals surface area (Å²) >= 11 is 6.81. The van der Waals surface area contributed by atoms with Crippen LogP contribution in [0.5, 0.6) is 17.2 Å². The zero-order valence-corrected chi connectivity index (χ0v) is 26.2. The van der Waals surface area contributed by atoms with Crippen LogP contribution < -0.4 is 14.8 Å². The van der Waals surface area contributed by atoms with Gasteiger partial charge in [0.25, 0.3) is 11.8 Å². The highest BCUT2D eigenvalue weighted by Gasteiger charge is 2.36. The molecular formula is C35H34ClNO9. The van der Waals surface area contributed by atoms with E-state index in [9.17, 15) is 14.7 Å². The molecule has 0 aliphatic carbocycles. The van der Waals surface area contributed by atoms with Gasteiger partial charge in [-0.05, 0) is 40.5 Å². The first kappa shape index (κ1) is 32.9. The van der Waals surface area contributed by atoms with Crippen LogP contribution in [-0.2, 0) is 18.9 Å². The third-order valence-corrected chi connectivity index (χ3v) is 7.63. The number of fused-ring (bicyclic) bond motifs is 1. The molecule has 0 radical (unpaired) electrons. The van der Waals surface area contributed by atoms with Crippen LogP contribution >= 0.6 is 11.6 Å². The van der Waals surface area contributed by atoms with Gasteiger partial charge in [0.15, 0.2) is 25.1 Å². The second kappa shape index (κ2) is 15.7. The van der Waals surface area contributed by atoms with Crippen LogP contribution in [0, 0.1) is 0 Å². The van der Waals surface area contributed by atoms with Crippen LogP contribution in [0.15, 0.2) is 78.9 Å². The Morgan fingerprint density at radius 2 is 1.33 bits per heavy atom. The maximum absolute atomic E-state index is 12.9. The van der Waals surface area contributed by atoms with Gasteiger partial charge < -0.3 is 33.5 Å². The predicted octanol–water partition coefficient (Wildman–Crippen LogP) is 5.78. The number of phenolic OH excluding ortho intramolecular Hbond substituents is 1. The van der Waals surface area contributed by atoms with Gasteiger partial charge >= 0.3 is 0 Å². The maximum atomic E-state index is 12.9. The van der Waals surface area contributed by atoms with E-state index in [0.29, 0.717) is 36.5 Å². The highest BCUT2D eigenvalue weighted by atomic mass is 35.5. The van der Waals surface area contributed by atoms with Gasteiger partial charge in [0.05, 0.1) is 42.6 Å². The summed E-state index contributed by atoms with van der Waals surface area (Å²) in [5.74, 6) is -1.68. The van der Waals surface area contributed by atoms with Gasteiger partial charge in [-0.25, -0.2) is 0 Å². The molecule has 0 unspecified atom stereocenters. The van der Waals surface area contributed by atoms with E-state index in [1.54, 1.807) is 32.4 Å². The first-order valence-corrected chi connectivity index (χ1v) is 14.9. The van der Waals surface area contributed by atoms with Crippen molar-refractivity contribution in [1.82, 2.24) is 5.32 Å². The molecule has 10 nitrogen and oxygen atoms in total. The van der Waals surface area contributed by atoms with Gasteiger partial charge in [0, 0.05) is 25.7 Å². The van der Waals surface area contributed by atoms with Crippen molar-refractivity contribution < 1.29 is 43.1 Å². The van der Waals surface area contributed by atoms with Crippen molar-refractivity contribution in [2.45, 2.75) is 5.92 Å². The molecule has 5 rings (SSSR count). The van der Waals surface area contributed by atoms with Gasteiger partial charge in [-0.1, -0.05) is 72.3 Å². The summed E-state index contributed by atoms with van der Waals surface area (Å²) in [6, 6.07) is 24.3. The third kappa shape index (κ3) is 7.33. The lowest BCUT2D eigenvalue weighted by Crippen LogP contribution is -2.19. The normalized spacial score (nSPS) is 12.3. The van der Waals surface area contributed by atoms with Crippen molar-refractivity contribution in [1.29, 1.82) is 0 Å². The molecule has 1 heterocycles. The van der Waals surface area contributed by atoms with Crippen molar-refractivity contribution in [3.05, 3.63) is 112 Å². The molecule has 240 valence electrons. The van der Waals surface area contributed by atoms with Crippen LogP contribution in [-0.4, -0.2) is 71.2 Å². The summed E-state index contributed by atoms with van der Waals surface area (Å²) in [6.07, 6.45) is 0. The van der Waals surface area contributed by atoms with E-state index in [-0.39, 0.29) is 53.6 Å². The molecule has 4 aromatic carbocycles. The van der Waals surface area contributed by atoms with Crippen LogP contribution in [0.4, 0.5) is 0 Å². The highest BCUT2D eigenvalue weighted by molar-refractivity contribution is 6.32. The van der Waals surface area contributed by atoms with E-state index in [2.05, 4.69) is 5.32 Å². The fraction of sp³-hybridized carbons (Fsp3) is 0.257. The third-order valence-electron chi connectivity index (χ3n) is 7.35. The van der Waals surface area contributed by atoms with Crippen molar-refractivity contribution in [3.63, 3.8) is 0 Å².